The van der Waals surface area contributed by atoms with E-state index in [2.05, 4.69) is 40.7 Å². The maximum atomic E-state index is 13.5. The maximum absolute atomic E-state index is 13.5. The molecule has 178 valence electrons. The zero-order valence-electron chi connectivity index (χ0n) is 19.2. The molecular weight excluding hydrogens is 435 g/mol. The highest BCUT2D eigenvalue weighted by Gasteiger charge is 2.10. The molecule has 1 fully saturated rings. The summed E-state index contributed by atoms with van der Waals surface area (Å²) in [6.45, 7) is 7.16. The topological polar surface area (TPSA) is 104 Å². The first-order chi connectivity index (χ1) is 16.7. The Morgan fingerprint density at radius 3 is 2.76 bits per heavy atom. The van der Waals surface area contributed by atoms with Crippen LogP contribution >= 0.6 is 0 Å². The maximum Gasteiger partial charge on any atom is 0.233 e. The molecule has 3 N–H and O–H groups in total. The van der Waals surface area contributed by atoms with E-state index in [1.54, 1.807) is 18.2 Å². The summed E-state index contributed by atoms with van der Waals surface area (Å²) < 4.78 is 18.9. The molecule has 0 saturated carbocycles. The predicted octanol–water partition coefficient (Wildman–Crippen LogP) is 3.82. The third kappa shape index (κ3) is 7.19. The molecule has 0 bridgehead atoms. The Morgan fingerprint density at radius 1 is 1.09 bits per heavy atom. The van der Waals surface area contributed by atoms with Crippen LogP contribution in [0.5, 0.6) is 0 Å². The monoisotopic (exact) mass is 464 g/mol. The summed E-state index contributed by atoms with van der Waals surface area (Å²) >= 11 is 0. The number of rotatable bonds is 10. The molecule has 1 aliphatic rings. The summed E-state index contributed by atoms with van der Waals surface area (Å²) in [5.74, 6) is 1.57. The average molecular weight is 465 g/mol. The van der Waals surface area contributed by atoms with Crippen LogP contribution in [0.15, 0.2) is 36.4 Å². The number of benzene rings is 1. The van der Waals surface area contributed by atoms with Crippen LogP contribution in [0, 0.1) is 5.82 Å². The number of nitrogens with zero attached hydrogens (tertiary/aromatic N) is 5. The molecule has 0 unspecified atom stereocenters. The predicted molar refractivity (Wildman–Crippen MR) is 132 cm³/mol. The minimum atomic E-state index is -0.293. The summed E-state index contributed by atoms with van der Waals surface area (Å²) in [6, 6.07) is 8.21. The van der Waals surface area contributed by atoms with Crippen molar-refractivity contribution in [2.24, 2.45) is 0 Å². The van der Waals surface area contributed by atoms with Crippen molar-refractivity contribution in [2.45, 2.75) is 13.3 Å². The summed E-state index contributed by atoms with van der Waals surface area (Å²) in [4.78, 5) is 15.9. The van der Waals surface area contributed by atoms with Crippen LogP contribution in [-0.2, 0) is 4.74 Å². The quantitative estimate of drug-likeness (QED) is 0.389. The van der Waals surface area contributed by atoms with Crippen molar-refractivity contribution >= 4 is 35.9 Å². The fourth-order valence-electron chi connectivity index (χ4n) is 3.49. The van der Waals surface area contributed by atoms with Crippen molar-refractivity contribution in [3.05, 3.63) is 59.3 Å². The summed E-state index contributed by atoms with van der Waals surface area (Å²) in [5.41, 5.74) is 1.59. The van der Waals surface area contributed by atoms with Crippen LogP contribution in [-0.4, -0.2) is 69.4 Å². The highest BCUT2D eigenvalue weighted by molar-refractivity contribution is 5.67. The molecule has 0 atom stereocenters. The molecule has 34 heavy (non-hydrogen) atoms. The van der Waals surface area contributed by atoms with E-state index in [4.69, 9.17) is 4.74 Å². The Bertz CT molecular complexity index is 1120. The van der Waals surface area contributed by atoms with Crippen molar-refractivity contribution in [3.63, 3.8) is 0 Å². The molecule has 1 saturated heterocycles. The number of ether oxygens (including phenoxy) is 1. The van der Waals surface area contributed by atoms with Crippen LogP contribution < -0.4 is 10.6 Å². The third-order valence-electron chi connectivity index (χ3n) is 5.15. The number of aromatic amines is 1. The van der Waals surface area contributed by atoms with E-state index in [9.17, 15) is 4.39 Å². The molecule has 0 aliphatic carbocycles. The van der Waals surface area contributed by atoms with Crippen LogP contribution in [0.25, 0.3) is 18.2 Å². The molecule has 1 aliphatic heterocycles. The summed E-state index contributed by atoms with van der Waals surface area (Å²) in [6.07, 6.45) is 8.29. The third-order valence-corrected chi connectivity index (χ3v) is 5.15. The molecule has 0 radical (unpaired) electrons. The van der Waals surface area contributed by atoms with E-state index in [0.717, 1.165) is 57.1 Å². The Hall–Kier alpha value is -3.63. The minimum absolute atomic E-state index is 0.293. The number of anilines is 3. The Kier molecular flexibility index (Phi) is 8.31. The molecular formula is C24H29FN8O. The van der Waals surface area contributed by atoms with Crippen molar-refractivity contribution in [1.82, 2.24) is 30.0 Å². The number of hydrogen-bond acceptors (Lipinski definition) is 8. The van der Waals surface area contributed by atoms with Gasteiger partial charge in [-0.05, 0) is 49.7 Å². The molecule has 0 amide bonds. The Labute approximate surface area is 198 Å². The molecule has 9 nitrogen and oxygen atoms in total. The normalized spacial score (nSPS) is 14.8. The molecule has 2 aromatic heterocycles. The fourth-order valence-corrected chi connectivity index (χ4v) is 3.49. The standard InChI is InChI=1S/C24H29FN8O/c1-2-5-20-17-22(32-31-20)29-24-28-21(9-8-18-6-3-7-19(25)16-18)27-23(30-24)26-10-4-11-33-12-14-34-15-13-33/h2-3,5-9,16-17H,4,10-15H2,1H3,(H3,26,27,28,29,30,31,32)/b5-2+,9-8+. The van der Waals surface area contributed by atoms with Crippen molar-refractivity contribution in [1.29, 1.82) is 0 Å². The largest absolute Gasteiger partial charge is 0.379 e. The zero-order valence-corrected chi connectivity index (χ0v) is 19.2. The van der Waals surface area contributed by atoms with Crippen molar-refractivity contribution in [3.8, 4) is 0 Å². The number of nitrogens with one attached hydrogen (secondary N) is 3. The van der Waals surface area contributed by atoms with Gasteiger partial charge >= 0.3 is 0 Å². The van der Waals surface area contributed by atoms with Gasteiger partial charge in [0.15, 0.2) is 11.6 Å². The van der Waals surface area contributed by atoms with Gasteiger partial charge in [-0.2, -0.15) is 20.1 Å². The molecule has 3 heterocycles. The van der Waals surface area contributed by atoms with E-state index in [0.29, 0.717) is 23.5 Å². The van der Waals surface area contributed by atoms with Gasteiger partial charge in [-0.1, -0.05) is 24.3 Å². The van der Waals surface area contributed by atoms with Gasteiger partial charge in [-0.25, -0.2) is 4.39 Å². The van der Waals surface area contributed by atoms with Gasteiger partial charge in [-0.3, -0.25) is 10.00 Å². The van der Waals surface area contributed by atoms with Gasteiger partial charge < -0.3 is 15.4 Å². The lowest BCUT2D eigenvalue weighted by atomic mass is 10.2. The number of halogens is 1. The molecule has 1 aromatic carbocycles. The van der Waals surface area contributed by atoms with Crippen LogP contribution in [0.4, 0.5) is 22.1 Å². The van der Waals surface area contributed by atoms with Gasteiger partial charge in [0.1, 0.15) is 5.82 Å². The van der Waals surface area contributed by atoms with Crippen molar-refractivity contribution in [2.75, 3.05) is 50.0 Å². The first-order valence-corrected chi connectivity index (χ1v) is 11.4. The van der Waals surface area contributed by atoms with E-state index >= 15 is 0 Å². The van der Waals surface area contributed by atoms with E-state index in [-0.39, 0.29) is 5.82 Å². The zero-order chi connectivity index (χ0) is 23.6. The number of allylic oxidation sites excluding steroid dienone is 1. The van der Waals surface area contributed by atoms with Crippen molar-refractivity contribution < 1.29 is 9.13 Å². The van der Waals surface area contributed by atoms with Crippen LogP contribution in [0.1, 0.15) is 30.4 Å². The van der Waals surface area contributed by atoms with Gasteiger partial charge in [0.05, 0.1) is 18.9 Å². The lowest BCUT2D eigenvalue weighted by molar-refractivity contribution is 0.0378. The molecule has 10 heteroatoms. The summed E-state index contributed by atoms with van der Waals surface area (Å²) in [7, 11) is 0. The van der Waals surface area contributed by atoms with E-state index < -0.39 is 0 Å². The van der Waals surface area contributed by atoms with E-state index in [1.807, 2.05) is 31.2 Å². The summed E-state index contributed by atoms with van der Waals surface area (Å²) in [5, 5.41) is 13.6. The molecule has 3 aromatic rings. The van der Waals surface area contributed by atoms with Gasteiger partial charge in [0.25, 0.3) is 0 Å². The smallest absolute Gasteiger partial charge is 0.233 e. The second-order valence-corrected chi connectivity index (χ2v) is 7.80. The number of H-pyrrole nitrogens is 1. The Balaban J connectivity index is 1.46. The average Bonchev–Trinajstić information content (AvgIpc) is 3.28. The number of aromatic nitrogens is 5. The number of hydrogen-bond donors (Lipinski definition) is 3. The highest BCUT2D eigenvalue weighted by atomic mass is 19.1. The SMILES string of the molecule is C/C=C/c1cc(Nc2nc(/C=C/c3cccc(F)c3)nc(NCCCN3CCOCC3)n2)n[nH]1. The second kappa shape index (κ2) is 12.0. The molecule has 4 rings (SSSR count). The van der Waals surface area contributed by atoms with Gasteiger partial charge in [0, 0.05) is 25.7 Å². The lowest BCUT2D eigenvalue weighted by Gasteiger charge is -2.26. The fraction of sp³-hybridized carbons (Fsp3) is 0.333. The van der Waals surface area contributed by atoms with Gasteiger partial charge in [-0.15, -0.1) is 0 Å². The van der Waals surface area contributed by atoms with Gasteiger partial charge in [0.2, 0.25) is 11.9 Å². The first kappa shape index (κ1) is 23.5. The second-order valence-electron chi connectivity index (χ2n) is 7.80. The lowest BCUT2D eigenvalue weighted by Crippen LogP contribution is -2.37. The highest BCUT2D eigenvalue weighted by Crippen LogP contribution is 2.15. The minimum Gasteiger partial charge on any atom is -0.379 e. The Morgan fingerprint density at radius 2 is 1.94 bits per heavy atom. The van der Waals surface area contributed by atoms with Crippen LogP contribution in [0.3, 0.4) is 0 Å². The molecule has 0 spiro atoms. The van der Waals surface area contributed by atoms with Crippen LogP contribution in [0.2, 0.25) is 0 Å². The van der Waals surface area contributed by atoms with E-state index in [1.165, 1.54) is 12.1 Å². The number of morpholine rings is 1. The first-order valence-electron chi connectivity index (χ1n) is 11.4.